The Bertz CT molecular complexity index is 803. The summed E-state index contributed by atoms with van der Waals surface area (Å²) in [5.74, 6) is 3.87. The van der Waals surface area contributed by atoms with E-state index < -0.39 is 17.7 Å². The third-order valence-corrected chi connectivity index (χ3v) is 5.15. The third-order valence-electron chi connectivity index (χ3n) is 3.36. The molecule has 6 heteroatoms. The fourth-order valence-electron chi connectivity index (χ4n) is 2.35. The zero-order valence-electron chi connectivity index (χ0n) is 10.7. The summed E-state index contributed by atoms with van der Waals surface area (Å²) in [6.45, 7) is 0. The molecule has 0 aliphatic heterocycles. The van der Waals surface area contributed by atoms with Crippen LogP contribution in [0.1, 0.15) is 17.2 Å². The summed E-state index contributed by atoms with van der Waals surface area (Å²) >= 11 is 4.70. The molecule has 0 fully saturated rings. The lowest BCUT2D eigenvalue weighted by atomic mass is 9.98. The Labute approximate surface area is 132 Å². The van der Waals surface area contributed by atoms with Crippen LogP contribution in [0, 0.1) is 11.6 Å². The van der Waals surface area contributed by atoms with E-state index in [9.17, 15) is 8.78 Å². The predicted octanol–water partition coefficient (Wildman–Crippen LogP) is 4.49. The van der Waals surface area contributed by atoms with Crippen LogP contribution in [0.4, 0.5) is 8.78 Å². The van der Waals surface area contributed by atoms with Crippen molar-refractivity contribution in [2.45, 2.75) is 6.04 Å². The maximum Gasteiger partial charge on any atom is 0.173 e. The van der Waals surface area contributed by atoms with E-state index in [-0.39, 0.29) is 4.47 Å². The van der Waals surface area contributed by atoms with E-state index in [4.69, 9.17) is 5.84 Å². The number of nitrogens with two attached hydrogens (primary N) is 1. The van der Waals surface area contributed by atoms with E-state index in [0.29, 0.717) is 5.56 Å². The van der Waals surface area contributed by atoms with Crippen molar-refractivity contribution in [2.24, 2.45) is 5.84 Å². The number of fused-ring (bicyclic) bond motifs is 1. The predicted molar refractivity (Wildman–Crippen MR) is 85.0 cm³/mol. The van der Waals surface area contributed by atoms with E-state index in [1.165, 1.54) is 6.07 Å². The molecule has 3 aromatic rings. The average Bonchev–Trinajstić information content (AvgIpc) is 2.97. The van der Waals surface area contributed by atoms with Gasteiger partial charge in [0.05, 0.1) is 10.5 Å². The monoisotopic (exact) mass is 368 g/mol. The Balaban J connectivity index is 2.19. The van der Waals surface area contributed by atoms with Crippen LogP contribution >= 0.6 is 27.3 Å². The molecule has 2 nitrogen and oxygen atoms in total. The zero-order chi connectivity index (χ0) is 15.0. The van der Waals surface area contributed by atoms with E-state index >= 15 is 0 Å². The van der Waals surface area contributed by atoms with Crippen molar-refractivity contribution in [3.8, 4) is 0 Å². The Morgan fingerprint density at radius 3 is 2.67 bits per heavy atom. The van der Waals surface area contributed by atoms with E-state index in [1.54, 1.807) is 11.3 Å². The van der Waals surface area contributed by atoms with Gasteiger partial charge in [0, 0.05) is 4.70 Å². The smallest absolute Gasteiger partial charge is 0.173 e. The van der Waals surface area contributed by atoms with Gasteiger partial charge in [-0.25, -0.2) is 14.2 Å². The highest BCUT2D eigenvalue weighted by Crippen LogP contribution is 2.36. The molecule has 1 heterocycles. The summed E-state index contributed by atoms with van der Waals surface area (Å²) in [6, 6.07) is 10.1. The van der Waals surface area contributed by atoms with Gasteiger partial charge in [0.25, 0.3) is 0 Å². The summed E-state index contributed by atoms with van der Waals surface area (Å²) in [6.07, 6.45) is 0. The third kappa shape index (κ3) is 2.48. The molecule has 0 bridgehead atoms. The molecule has 1 atom stereocenters. The fourth-order valence-corrected chi connectivity index (χ4v) is 3.85. The Morgan fingerprint density at radius 2 is 1.90 bits per heavy atom. The number of hydrogen-bond donors (Lipinski definition) is 2. The Kier molecular flexibility index (Phi) is 4.03. The minimum absolute atomic E-state index is 0.0824. The number of halogens is 3. The second-order valence-corrected chi connectivity index (χ2v) is 6.26. The normalized spacial score (nSPS) is 12.8. The molecule has 0 aliphatic rings. The first-order chi connectivity index (χ1) is 10.1. The quantitative estimate of drug-likeness (QED) is 0.406. The van der Waals surface area contributed by atoms with Gasteiger partial charge < -0.3 is 0 Å². The topological polar surface area (TPSA) is 38.0 Å². The molecule has 1 unspecified atom stereocenters. The van der Waals surface area contributed by atoms with Gasteiger partial charge in [0.1, 0.15) is 0 Å². The molecule has 0 radical (unpaired) electrons. The van der Waals surface area contributed by atoms with E-state index in [2.05, 4.69) is 21.4 Å². The van der Waals surface area contributed by atoms with Crippen LogP contribution in [0.2, 0.25) is 0 Å². The fraction of sp³-hybridized carbons (Fsp3) is 0.0667. The highest BCUT2D eigenvalue weighted by molar-refractivity contribution is 9.10. The van der Waals surface area contributed by atoms with Gasteiger partial charge in [-0.3, -0.25) is 5.84 Å². The van der Waals surface area contributed by atoms with Gasteiger partial charge in [0.2, 0.25) is 0 Å². The molecular formula is C15H11BrF2N2S. The van der Waals surface area contributed by atoms with Crippen molar-refractivity contribution < 1.29 is 8.78 Å². The summed E-state index contributed by atoms with van der Waals surface area (Å²) in [7, 11) is 0. The van der Waals surface area contributed by atoms with Crippen molar-refractivity contribution in [1.82, 2.24) is 5.43 Å². The summed E-state index contributed by atoms with van der Waals surface area (Å²) in [5.41, 5.74) is 4.17. The number of rotatable bonds is 3. The van der Waals surface area contributed by atoms with Gasteiger partial charge in [-0.05, 0) is 50.0 Å². The first-order valence-corrected chi connectivity index (χ1v) is 7.86. The largest absolute Gasteiger partial charge is 0.271 e. The standard InChI is InChI=1S/C15H11BrF2N2S/c16-12-9(4-5-11(17)13(12)18)14(20-19)10-3-1-2-8-6-7-21-15(8)10/h1-7,14,20H,19H2. The summed E-state index contributed by atoms with van der Waals surface area (Å²) in [4.78, 5) is 0. The molecule has 21 heavy (non-hydrogen) atoms. The van der Waals surface area contributed by atoms with Crippen LogP contribution in [-0.2, 0) is 0 Å². The van der Waals surface area contributed by atoms with Crippen molar-refractivity contribution in [3.63, 3.8) is 0 Å². The molecule has 108 valence electrons. The zero-order valence-corrected chi connectivity index (χ0v) is 13.1. The van der Waals surface area contributed by atoms with Crippen LogP contribution in [0.3, 0.4) is 0 Å². The molecule has 0 amide bonds. The Hall–Kier alpha value is -1.34. The lowest BCUT2D eigenvalue weighted by Gasteiger charge is -2.19. The molecule has 1 aromatic heterocycles. The number of hydrogen-bond acceptors (Lipinski definition) is 3. The first-order valence-electron chi connectivity index (χ1n) is 6.19. The van der Waals surface area contributed by atoms with Crippen LogP contribution in [0.15, 0.2) is 46.3 Å². The van der Waals surface area contributed by atoms with Gasteiger partial charge >= 0.3 is 0 Å². The van der Waals surface area contributed by atoms with Crippen LogP contribution < -0.4 is 11.3 Å². The van der Waals surface area contributed by atoms with Crippen molar-refractivity contribution >= 4 is 37.4 Å². The van der Waals surface area contributed by atoms with E-state index in [0.717, 1.165) is 21.7 Å². The van der Waals surface area contributed by atoms with Crippen molar-refractivity contribution in [1.29, 1.82) is 0 Å². The minimum atomic E-state index is -0.911. The van der Waals surface area contributed by atoms with E-state index in [1.807, 2.05) is 29.6 Å². The summed E-state index contributed by atoms with van der Waals surface area (Å²) < 4.78 is 28.2. The molecule has 2 aromatic carbocycles. The second kappa shape index (κ2) is 5.81. The van der Waals surface area contributed by atoms with Gasteiger partial charge in [-0.15, -0.1) is 11.3 Å². The maximum absolute atomic E-state index is 13.8. The van der Waals surface area contributed by atoms with Gasteiger partial charge in [0.15, 0.2) is 11.6 Å². The minimum Gasteiger partial charge on any atom is -0.271 e. The van der Waals surface area contributed by atoms with Crippen molar-refractivity contribution in [3.05, 3.63) is 69.0 Å². The van der Waals surface area contributed by atoms with Crippen molar-refractivity contribution in [2.75, 3.05) is 0 Å². The molecule has 3 N–H and O–H groups in total. The lowest BCUT2D eigenvalue weighted by molar-refractivity contribution is 0.498. The number of thiophene rings is 1. The van der Waals surface area contributed by atoms with Crippen LogP contribution in [0.5, 0.6) is 0 Å². The lowest BCUT2D eigenvalue weighted by Crippen LogP contribution is -2.29. The molecule has 0 spiro atoms. The number of hydrazine groups is 1. The molecule has 0 aliphatic carbocycles. The first kappa shape index (κ1) is 14.6. The number of benzene rings is 2. The average molecular weight is 369 g/mol. The van der Waals surface area contributed by atoms with Gasteiger partial charge in [-0.2, -0.15) is 0 Å². The second-order valence-electron chi connectivity index (χ2n) is 4.55. The highest BCUT2D eigenvalue weighted by Gasteiger charge is 2.21. The SMILES string of the molecule is NNC(c1ccc(F)c(F)c1Br)c1cccc2ccsc12. The summed E-state index contributed by atoms with van der Waals surface area (Å²) in [5, 5.41) is 3.08. The maximum atomic E-state index is 13.8. The van der Waals surface area contributed by atoms with Crippen LogP contribution in [-0.4, -0.2) is 0 Å². The molecule has 3 rings (SSSR count). The number of nitrogens with one attached hydrogen (secondary N) is 1. The highest BCUT2D eigenvalue weighted by atomic mass is 79.9. The van der Waals surface area contributed by atoms with Crippen LogP contribution in [0.25, 0.3) is 10.1 Å². The molecule has 0 saturated carbocycles. The molecular weight excluding hydrogens is 358 g/mol. The molecule has 0 saturated heterocycles. The Morgan fingerprint density at radius 1 is 1.10 bits per heavy atom. The van der Waals surface area contributed by atoms with Gasteiger partial charge in [-0.1, -0.05) is 24.3 Å².